The molecular formula is C13H17NO5. The summed E-state index contributed by atoms with van der Waals surface area (Å²) in [5.41, 5.74) is 0.421. The second kappa shape index (κ2) is 7.48. The van der Waals surface area contributed by atoms with Crippen LogP contribution in [-0.2, 0) is 14.2 Å². The van der Waals surface area contributed by atoms with Crippen molar-refractivity contribution in [2.24, 2.45) is 0 Å². The van der Waals surface area contributed by atoms with Crippen molar-refractivity contribution < 1.29 is 23.8 Å². The maximum Gasteiger partial charge on any atom is 0.339 e. The van der Waals surface area contributed by atoms with Crippen LogP contribution in [-0.4, -0.2) is 43.4 Å². The molecule has 0 N–H and O–H groups in total. The van der Waals surface area contributed by atoms with Crippen molar-refractivity contribution in [2.45, 2.75) is 20.0 Å². The third-order valence-electron chi connectivity index (χ3n) is 2.07. The van der Waals surface area contributed by atoms with Gasteiger partial charge in [-0.25, -0.2) is 9.59 Å². The quantitative estimate of drug-likeness (QED) is 0.573. The Bertz CT molecular complexity index is 444. The van der Waals surface area contributed by atoms with E-state index in [-0.39, 0.29) is 23.8 Å². The van der Waals surface area contributed by atoms with E-state index in [1.807, 2.05) is 0 Å². The molecule has 0 bridgehead atoms. The summed E-state index contributed by atoms with van der Waals surface area (Å²) in [5.74, 6) is -1.07. The minimum absolute atomic E-state index is 0.149. The molecule has 0 saturated carbocycles. The molecule has 0 aromatic carbocycles. The highest BCUT2D eigenvalue weighted by molar-refractivity contribution is 5.94. The molecule has 104 valence electrons. The van der Waals surface area contributed by atoms with Crippen molar-refractivity contribution in [1.82, 2.24) is 4.98 Å². The molecule has 6 nitrogen and oxygen atoms in total. The number of nitrogens with zero attached hydrogens (tertiary/aromatic N) is 1. The highest BCUT2D eigenvalue weighted by Crippen LogP contribution is 2.07. The van der Waals surface area contributed by atoms with Crippen molar-refractivity contribution >= 4 is 11.9 Å². The van der Waals surface area contributed by atoms with Gasteiger partial charge in [0.2, 0.25) is 0 Å². The molecule has 0 spiro atoms. The topological polar surface area (TPSA) is 74.7 Å². The Morgan fingerprint density at radius 2 is 1.79 bits per heavy atom. The van der Waals surface area contributed by atoms with E-state index in [0.29, 0.717) is 6.61 Å². The average Bonchev–Trinajstić information content (AvgIpc) is 2.38. The maximum atomic E-state index is 11.7. The van der Waals surface area contributed by atoms with Crippen molar-refractivity contribution in [1.29, 1.82) is 0 Å². The molecule has 19 heavy (non-hydrogen) atoms. The highest BCUT2D eigenvalue weighted by atomic mass is 16.6. The molecule has 0 saturated heterocycles. The number of ether oxygens (including phenoxy) is 3. The molecule has 0 aliphatic rings. The van der Waals surface area contributed by atoms with Gasteiger partial charge in [0.05, 0.1) is 23.8 Å². The second-order valence-corrected chi connectivity index (χ2v) is 4.05. The largest absolute Gasteiger partial charge is 0.460 e. The molecule has 1 rings (SSSR count). The van der Waals surface area contributed by atoms with Gasteiger partial charge in [-0.3, -0.25) is 4.98 Å². The lowest BCUT2D eigenvalue weighted by Gasteiger charge is -2.08. The molecule has 6 heteroatoms. The fraction of sp³-hybridized carbons (Fsp3) is 0.462. The Morgan fingerprint density at radius 1 is 1.16 bits per heavy atom. The van der Waals surface area contributed by atoms with Crippen LogP contribution in [0.3, 0.4) is 0 Å². The minimum Gasteiger partial charge on any atom is -0.460 e. The SMILES string of the molecule is COCCOC(=O)c1cncc(C(=O)OC(C)C)c1. The van der Waals surface area contributed by atoms with Crippen LogP contribution in [0.1, 0.15) is 34.6 Å². The maximum absolute atomic E-state index is 11.7. The third kappa shape index (κ3) is 5.05. The first-order valence-electron chi connectivity index (χ1n) is 5.86. The normalized spacial score (nSPS) is 10.3. The van der Waals surface area contributed by atoms with Crippen LogP contribution in [0.25, 0.3) is 0 Å². The Labute approximate surface area is 111 Å². The summed E-state index contributed by atoms with van der Waals surface area (Å²) < 4.78 is 14.7. The number of aromatic nitrogens is 1. The van der Waals surface area contributed by atoms with Gasteiger partial charge < -0.3 is 14.2 Å². The van der Waals surface area contributed by atoms with Gasteiger partial charge in [0.1, 0.15) is 6.61 Å². The third-order valence-corrected chi connectivity index (χ3v) is 2.07. The van der Waals surface area contributed by atoms with Crippen molar-refractivity contribution in [2.75, 3.05) is 20.3 Å². The van der Waals surface area contributed by atoms with Crippen molar-refractivity contribution in [3.05, 3.63) is 29.6 Å². The van der Waals surface area contributed by atoms with Crippen LogP contribution in [0.15, 0.2) is 18.5 Å². The number of carbonyl (C=O) groups is 2. The van der Waals surface area contributed by atoms with Gasteiger partial charge in [0.15, 0.2) is 0 Å². The standard InChI is InChI=1S/C13H17NO5/c1-9(2)19-13(16)11-6-10(7-14-8-11)12(15)18-5-4-17-3/h6-9H,4-5H2,1-3H3. The lowest BCUT2D eigenvalue weighted by Crippen LogP contribution is -2.14. The summed E-state index contributed by atoms with van der Waals surface area (Å²) in [7, 11) is 1.51. The highest BCUT2D eigenvalue weighted by Gasteiger charge is 2.14. The fourth-order valence-electron chi connectivity index (χ4n) is 1.25. The Kier molecular flexibility index (Phi) is 5.95. The molecule has 0 radical (unpaired) electrons. The Morgan fingerprint density at radius 3 is 2.37 bits per heavy atom. The predicted octanol–water partition coefficient (Wildman–Crippen LogP) is 1.45. The van der Waals surface area contributed by atoms with E-state index in [9.17, 15) is 9.59 Å². The first-order chi connectivity index (χ1) is 9.04. The Balaban J connectivity index is 2.71. The molecule has 0 aliphatic heterocycles. The van der Waals surface area contributed by atoms with Crippen molar-refractivity contribution in [3.8, 4) is 0 Å². The molecule has 1 aromatic heterocycles. The second-order valence-electron chi connectivity index (χ2n) is 4.05. The summed E-state index contributed by atoms with van der Waals surface area (Å²) in [6, 6.07) is 1.40. The van der Waals surface area contributed by atoms with Gasteiger partial charge in [-0.05, 0) is 19.9 Å². The molecule has 1 heterocycles. The summed E-state index contributed by atoms with van der Waals surface area (Å²) in [6.07, 6.45) is 2.45. The number of rotatable bonds is 6. The summed E-state index contributed by atoms with van der Waals surface area (Å²) >= 11 is 0. The number of pyridine rings is 1. The van der Waals surface area contributed by atoms with Crippen molar-refractivity contribution in [3.63, 3.8) is 0 Å². The van der Waals surface area contributed by atoms with Crippen LogP contribution in [0, 0.1) is 0 Å². The molecule has 0 amide bonds. The van der Waals surface area contributed by atoms with Crippen LogP contribution >= 0.6 is 0 Å². The number of hydrogen-bond acceptors (Lipinski definition) is 6. The minimum atomic E-state index is -0.552. The lowest BCUT2D eigenvalue weighted by molar-refractivity contribution is 0.0377. The number of methoxy groups -OCH3 is 1. The summed E-state index contributed by atoms with van der Waals surface area (Å²) in [4.78, 5) is 27.1. The zero-order valence-corrected chi connectivity index (χ0v) is 11.2. The molecule has 0 aliphatic carbocycles. The first kappa shape index (κ1) is 15.1. The van der Waals surface area contributed by atoms with Gasteiger partial charge in [-0.2, -0.15) is 0 Å². The van der Waals surface area contributed by atoms with E-state index < -0.39 is 11.9 Å². The monoisotopic (exact) mass is 267 g/mol. The fourth-order valence-corrected chi connectivity index (χ4v) is 1.25. The van der Waals surface area contributed by atoms with E-state index in [2.05, 4.69) is 4.98 Å². The van der Waals surface area contributed by atoms with E-state index in [0.717, 1.165) is 0 Å². The van der Waals surface area contributed by atoms with E-state index in [1.165, 1.54) is 25.6 Å². The number of esters is 2. The summed E-state index contributed by atoms with van der Waals surface area (Å²) in [5, 5.41) is 0. The first-order valence-corrected chi connectivity index (χ1v) is 5.86. The van der Waals surface area contributed by atoms with Crippen LogP contribution in [0.4, 0.5) is 0 Å². The number of carbonyl (C=O) groups excluding carboxylic acids is 2. The van der Waals surface area contributed by atoms with Crippen LogP contribution in [0.5, 0.6) is 0 Å². The average molecular weight is 267 g/mol. The molecular weight excluding hydrogens is 250 g/mol. The van der Waals surface area contributed by atoms with Gasteiger partial charge in [-0.15, -0.1) is 0 Å². The molecule has 0 fully saturated rings. The molecule has 0 unspecified atom stereocenters. The van der Waals surface area contributed by atoms with Gasteiger partial charge in [0, 0.05) is 19.5 Å². The van der Waals surface area contributed by atoms with Crippen LogP contribution < -0.4 is 0 Å². The number of hydrogen-bond donors (Lipinski definition) is 0. The zero-order chi connectivity index (χ0) is 14.3. The van der Waals surface area contributed by atoms with Crippen LogP contribution in [0.2, 0.25) is 0 Å². The predicted molar refractivity (Wildman–Crippen MR) is 66.9 cm³/mol. The van der Waals surface area contributed by atoms with E-state index in [1.54, 1.807) is 13.8 Å². The van der Waals surface area contributed by atoms with Gasteiger partial charge >= 0.3 is 11.9 Å². The van der Waals surface area contributed by atoms with Gasteiger partial charge in [-0.1, -0.05) is 0 Å². The molecule has 1 aromatic rings. The van der Waals surface area contributed by atoms with E-state index >= 15 is 0 Å². The lowest BCUT2D eigenvalue weighted by atomic mass is 10.2. The molecule has 0 atom stereocenters. The Hall–Kier alpha value is -1.95. The smallest absolute Gasteiger partial charge is 0.339 e. The zero-order valence-electron chi connectivity index (χ0n) is 11.2. The summed E-state index contributed by atoms with van der Waals surface area (Å²) in [6.45, 7) is 3.95. The van der Waals surface area contributed by atoms with Gasteiger partial charge in [0.25, 0.3) is 0 Å². The van der Waals surface area contributed by atoms with E-state index in [4.69, 9.17) is 14.2 Å².